The highest BCUT2D eigenvalue weighted by molar-refractivity contribution is 5.94. The summed E-state index contributed by atoms with van der Waals surface area (Å²) in [5.41, 5.74) is 0.713. The van der Waals surface area contributed by atoms with Gasteiger partial charge in [0.05, 0.1) is 6.42 Å². The predicted molar refractivity (Wildman–Crippen MR) is 129 cm³/mol. The average molecular weight is 459 g/mol. The van der Waals surface area contributed by atoms with Crippen molar-refractivity contribution in [2.45, 2.75) is 44.2 Å². The van der Waals surface area contributed by atoms with Crippen LogP contribution >= 0.6 is 0 Å². The Kier molecular flexibility index (Phi) is 5.81. The van der Waals surface area contributed by atoms with Crippen LogP contribution in [0.3, 0.4) is 0 Å². The topological polar surface area (TPSA) is 84.4 Å². The lowest BCUT2D eigenvalue weighted by atomic mass is 9.65. The number of carbonyl (C=O) groups is 2. The molecule has 7 heteroatoms. The normalized spacial score (nSPS) is 23.5. The molecule has 1 saturated carbocycles. The summed E-state index contributed by atoms with van der Waals surface area (Å²) < 4.78 is 5.81. The second-order valence-electron chi connectivity index (χ2n) is 9.83. The van der Waals surface area contributed by atoms with E-state index in [2.05, 4.69) is 15.3 Å². The lowest BCUT2D eigenvalue weighted by Gasteiger charge is -2.46. The van der Waals surface area contributed by atoms with Gasteiger partial charge in [-0.1, -0.05) is 42.5 Å². The molecule has 7 nitrogen and oxygen atoms in total. The van der Waals surface area contributed by atoms with Crippen molar-refractivity contribution in [3.8, 4) is 0 Å². The summed E-state index contributed by atoms with van der Waals surface area (Å²) in [5.74, 6) is -0.0108. The average Bonchev–Trinajstić information content (AvgIpc) is 3.29. The highest BCUT2D eigenvalue weighted by Gasteiger charge is 2.51. The first-order valence-electron chi connectivity index (χ1n) is 11.8. The van der Waals surface area contributed by atoms with Crippen LogP contribution in [0, 0.1) is 5.41 Å². The number of aromatic nitrogens is 2. The summed E-state index contributed by atoms with van der Waals surface area (Å²) in [6, 6.07) is 14.1. The third-order valence-corrected chi connectivity index (χ3v) is 7.60. The Morgan fingerprint density at radius 3 is 2.65 bits per heavy atom. The first kappa shape index (κ1) is 22.5. The van der Waals surface area contributed by atoms with Crippen molar-refractivity contribution >= 4 is 22.6 Å². The molecule has 1 atom stereocenters. The van der Waals surface area contributed by atoms with Gasteiger partial charge in [0.15, 0.2) is 5.60 Å². The molecule has 2 aliphatic rings. The van der Waals surface area contributed by atoms with E-state index < -0.39 is 5.60 Å². The fourth-order valence-corrected chi connectivity index (χ4v) is 5.57. The van der Waals surface area contributed by atoms with Crippen molar-refractivity contribution in [1.82, 2.24) is 20.2 Å². The SMILES string of the molecule is COC(C)(C(=O)NC1CC2(CCN(C(=O)Cc3cncnc3)C2)C1)c1cccc2ccccc12. The lowest BCUT2D eigenvalue weighted by Crippen LogP contribution is -2.56. The van der Waals surface area contributed by atoms with Crippen molar-refractivity contribution in [2.24, 2.45) is 5.41 Å². The largest absolute Gasteiger partial charge is 0.364 e. The van der Waals surface area contributed by atoms with E-state index in [1.807, 2.05) is 54.3 Å². The molecule has 1 spiro atoms. The molecule has 1 N–H and O–H groups in total. The predicted octanol–water partition coefficient (Wildman–Crippen LogP) is 3.23. The molecule has 1 unspecified atom stereocenters. The van der Waals surface area contributed by atoms with Gasteiger partial charge in [-0.3, -0.25) is 9.59 Å². The number of nitrogens with one attached hydrogen (secondary N) is 1. The molecule has 0 radical (unpaired) electrons. The molecule has 34 heavy (non-hydrogen) atoms. The van der Waals surface area contributed by atoms with E-state index in [0.29, 0.717) is 6.42 Å². The number of rotatable bonds is 6. The molecule has 1 aromatic heterocycles. The van der Waals surface area contributed by atoms with Gasteiger partial charge in [-0.15, -0.1) is 0 Å². The monoisotopic (exact) mass is 458 g/mol. The number of fused-ring (bicyclic) bond motifs is 1. The molecule has 1 aliphatic carbocycles. The van der Waals surface area contributed by atoms with Gasteiger partial charge in [0.25, 0.3) is 5.91 Å². The third-order valence-electron chi connectivity index (χ3n) is 7.60. The molecule has 5 rings (SSSR count). The molecule has 3 aromatic rings. The second kappa shape index (κ2) is 8.80. The Labute approximate surface area is 199 Å². The molecule has 2 amide bonds. The second-order valence-corrected chi connectivity index (χ2v) is 9.83. The van der Waals surface area contributed by atoms with Crippen LogP contribution in [0.15, 0.2) is 61.2 Å². The van der Waals surface area contributed by atoms with Crippen LogP contribution in [0.2, 0.25) is 0 Å². The molecular weight excluding hydrogens is 428 g/mol. The summed E-state index contributed by atoms with van der Waals surface area (Å²) in [7, 11) is 1.59. The van der Waals surface area contributed by atoms with E-state index in [9.17, 15) is 9.59 Å². The molecule has 2 fully saturated rings. The van der Waals surface area contributed by atoms with Crippen LogP contribution in [-0.4, -0.2) is 52.9 Å². The van der Waals surface area contributed by atoms with Crippen molar-refractivity contribution in [3.63, 3.8) is 0 Å². The summed E-state index contributed by atoms with van der Waals surface area (Å²) in [4.78, 5) is 36.1. The Morgan fingerprint density at radius 2 is 1.88 bits per heavy atom. The van der Waals surface area contributed by atoms with Gasteiger partial charge in [0, 0.05) is 44.2 Å². The minimum Gasteiger partial charge on any atom is -0.364 e. The Morgan fingerprint density at radius 1 is 1.15 bits per heavy atom. The maximum Gasteiger partial charge on any atom is 0.256 e. The van der Waals surface area contributed by atoms with Crippen LogP contribution in [0.25, 0.3) is 10.8 Å². The van der Waals surface area contributed by atoms with E-state index in [1.165, 1.54) is 6.33 Å². The molecule has 0 bridgehead atoms. The fraction of sp³-hybridized carbons (Fsp3) is 0.407. The Balaban J connectivity index is 1.21. The maximum atomic E-state index is 13.4. The minimum atomic E-state index is -1.08. The number of likely N-dealkylation sites (tertiary alicyclic amines) is 1. The highest BCUT2D eigenvalue weighted by atomic mass is 16.5. The zero-order valence-corrected chi connectivity index (χ0v) is 19.7. The molecule has 2 aromatic carbocycles. The smallest absolute Gasteiger partial charge is 0.256 e. The minimum absolute atomic E-state index is 0.0922. The zero-order chi connectivity index (χ0) is 23.8. The van der Waals surface area contributed by atoms with Crippen molar-refractivity contribution in [3.05, 3.63) is 72.3 Å². The lowest BCUT2D eigenvalue weighted by molar-refractivity contribution is -0.145. The number of carbonyl (C=O) groups excluding carboxylic acids is 2. The zero-order valence-electron chi connectivity index (χ0n) is 19.7. The molecular formula is C27H30N4O3. The molecule has 1 aliphatic heterocycles. The number of hydrogen-bond acceptors (Lipinski definition) is 5. The van der Waals surface area contributed by atoms with Gasteiger partial charge >= 0.3 is 0 Å². The number of methoxy groups -OCH3 is 1. The third kappa shape index (κ3) is 4.05. The van der Waals surface area contributed by atoms with Crippen molar-refractivity contribution < 1.29 is 14.3 Å². The van der Waals surface area contributed by atoms with E-state index in [-0.39, 0.29) is 23.3 Å². The fourth-order valence-electron chi connectivity index (χ4n) is 5.57. The molecule has 176 valence electrons. The highest BCUT2D eigenvalue weighted by Crippen LogP contribution is 2.48. The number of hydrogen-bond donors (Lipinski definition) is 1. The number of nitrogens with zero attached hydrogens (tertiary/aromatic N) is 3. The van der Waals surface area contributed by atoms with Gasteiger partial charge in [0.2, 0.25) is 5.91 Å². The van der Waals surface area contributed by atoms with Crippen LogP contribution in [0.1, 0.15) is 37.3 Å². The van der Waals surface area contributed by atoms with Crippen molar-refractivity contribution in [2.75, 3.05) is 20.2 Å². The van der Waals surface area contributed by atoms with Gasteiger partial charge in [0.1, 0.15) is 6.33 Å². The number of amides is 2. The van der Waals surface area contributed by atoms with Gasteiger partial charge in [-0.25, -0.2) is 9.97 Å². The molecule has 1 saturated heterocycles. The number of benzene rings is 2. The quantitative estimate of drug-likeness (QED) is 0.613. The van der Waals surface area contributed by atoms with E-state index in [0.717, 1.165) is 54.3 Å². The van der Waals surface area contributed by atoms with Crippen LogP contribution in [0.4, 0.5) is 0 Å². The van der Waals surface area contributed by atoms with E-state index in [4.69, 9.17) is 4.74 Å². The van der Waals surface area contributed by atoms with E-state index >= 15 is 0 Å². The Hall–Kier alpha value is -3.32. The number of ether oxygens (including phenoxy) is 1. The van der Waals surface area contributed by atoms with Crippen LogP contribution in [0.5, 0.6) is 0 Å². The summed E-state index contributed by atoms with van der Waals surface area (Å²) in [6.45, 7) is 3.34. The van der Waals surface area contributed by atoms with Gasteiger partial charge < -0.3 is 15.0 Å². The first-order valence-corrected chi connectivity index (χ1v) is 11.8. The molecule has 2 heterocycles. The van der Waals surface area contributed by atoms with Crippen molar-refractivity contribution in [1.29, 1.82) is 0 Å². The van der Waals surface area contributed by atoms with E-state index in [1.54, 1.807) is 19.5 Å². The summed E-state index contributed by atoms with van der Waals surface area (Å²) in [5, 5.41) is 5.32. The van der Waals surface area contributed by atoms with Gasteiger partial charge in [-0.2, -0.15) is 0 Å². The summed E-state index contributed by atoms with van der Waals surface area (Å²) >= 11 is 0. The first-order chi connectivity index (χ1) is 16.4. The summed E-state index contributed by atoms with van der Waals surface area (Å²) in [6.07, 6.45) is 7.91. The standard InChI is InChI=1S/C27H30N4O3/c1-26(34-2,23-9-5-7-20-6-3-4-8-22(20)23)25(33)30-21-13-27(14-21)10-11-31(17-27)24(32)12-19-15-28-18-29-16-19/h3-9,15-16,18,21H,10-14,17H2,1-2H3,(H,30,33). The van der Waals surface area contributed by atoms with Gasteiger partial charge in [-0.05, 0) is 47.9 Å². The van der Waals surface area contributed by atoms with Crippen LogP contribution < -0.4 is 5.32 Å². The Bertz CT molecular complexity index is 1200. The maximum absolute atomic E-state index is 13.4. The van der Waals surface area contributed by atoms with Crippen LogP contribution in [-0.2, 0) is 26.3 Å².